The van der Waals surface area contributed by atoms with Crippen molar-refractivity contribution in [3.8, 4) is 0 Å². The van der Waals surface area contributed by atoms with Gasteiger partial charge in [0.15, 0.2) is 5.78 Å². The molecule has 0 amide bonds. The molecule has 0 heterocycles. The fourth-order valence-corrected chi connectivity index (χ4v) is 1.96. The molecule has 1 nitrogen and oxygen atoms in total. The van der Waals surface area contributed by atoms with Gasteiger partial charge < -0.3 is 0 Å². The molecule has 0 fully saturated rings. The van der Waals surface area contributed by atoms with E-state index in [1.165, 1.54) is 17.5 Å². The maximum atomic E-state index is 11.6. The molecule has 1 aromatic rings. The molecule has 0 radical (unpaired) electrons. The molecule has 0 unspecified atom stereocenters. The topological polar surface area (TPSA) is 17.1 Å². The highest BCUT2D eigenvalue weighted by Gasteiger charge is 2.13. The predicted molar refractivity (Wildman–Crippen MR) is 57.6 cm³/mol. The zero-order valence-electron chi connectivity index (χ0n) is 8.47. The standard InChI is InChI=1S/C13H14O/c1-9(2)13(14)12-7-6-10-4-3-5-11(10)8-12/h6-8H,1,3-5H2,2H3. The molecule has 0 atom stereocenters. The second kappa shape index (κ2) is 3.41. The first kappa shape index (κ1) is 9.20. The molecule has 0 saturated carbocycles. The van der Waals surface area contributed by atoms with E-state index >= 15 is 0 Å². The van der Waals surface area contributed by atoms with Crippen molar-refractivity contribution in [3.63, 3.8) is 0 Å². The molecule has 1 aliphatic rings. The second-order valence-corrected chi connectivity index (χ2v) is 3.95. The molecule has 0 saturated heterocycles. The van der Waals surface area contributed by atoms with Crippen LogP contribution in [0, 0.1) is 0 Å². The van der Waals surface area contributed by atoms with Crippen molar-refractivity contribution in [3.05, 3.63) is 47.0 Å². The van der Waals surface area contributed by atoms with E-state index in [2.05, 4.69) is 12.6 Å². The van der Waals surface area contributed by atoms with Crippen LogP contribution in [0.25, 0.3) is 0 Å². The zero-order valence-corrected chi connectivity index (χ0v) is 8.47. The number of allylic oxidation sites excluding steroid dienone is 1. The van der Waals surface area contributed by atoms with Crippen LogP contribution in [0.15, 0.2) is 30.4 Å². The highest BCUT2D eigenvalue weighted by molar-refractivity contribution is 6.08. The monoisotopic (exact) mass is 186 g/mol. The van der Waals surface area contributed by atoms with Crippen molar-refractivity contribution in [1.82, 2.24) is 0 Å². The lowest BCUT2D eigenvalue weighted by Gasteiger charge is -2.03. The van der Waals surface area contributed by atoms with Gasteiger partial charge in [-0.15, -0.1) is 0 Å². The maximum Gasteiger partial charge on any atom is 0.188 e. The van der Waals surface area contributed by atoms with E-state index in [0.29, 0.717) is 5.57 Å². The molecule has 1 heteroatoms. The number of aryl methyl sites for hydroxylation is 2. The van der Waals surface area contributed by atoms with E-state index in [-0.39, 0.29) is 5.78 Å². The van der Waals surface area contributed by atoms with E-state index in [9.17, 15) is 4.79 Å². The van der Waals surface area contributed by atoms with E-state index in [4.69, 9.17) is 0 Å². The highest BCUT2D eigenvalue weighted by Crippen LogP contribution is 2.23. The predicted octanol–water partition coefficient (Wildman–Crippen LogP) is 2.93. The first-order chi connectivity index (χ1) is 6.68. The van der Waals surface area contributed by atoms with Crippen LogP contribution in [0.4, 0.5) is 0 Å². The minimum Gasteiger partial charge on any atom is -0.289 e. The maximum absolute atomic E-state index is 11.6. The fourth-order valence-electron chi connectivity index (χ4n) is 1.96. The van der Waals surface area contributed by atoms with Gasteiger partial charge in [0.2, 0.25) is 0 Å². The Balaban J connectivity index is 2.38. The molecule has 0 aromatic heterocycles. The molecule has 2 rings (SSSR count). The Labute approximate surface area is 84.5 Å². The molecule has 0 spiro atoms. The van der Waals surface area contributed by atoms with Gasteiger partial charge in [-0.05, 0) is 49.0 Å². The van der Waals surface area contributed by atoms with E-state index in [1.54, 1.807) is 6.92 Å². The van der Waals surface area contributed by atoms with Crippen molar-refractivity contribution in [2.24, 2.45) is 0 Å². The Morgan fingerprint density at radius 3 is 2.71 bits per heavy atom. The summed E-state index contributed by atoms with van der Waals surface area (Å²) >= 11 is 0. The van der Waals surface area contributed by atoms with Crippen LogP contribution in [-0.2, 0) is 12.8 Å². The zero-order chi connectivity index (χ0) is 10.1. The number of carbonyl (C=O) groups excluding carboxylic acids is 1. The van der Waals surface area contributed by atoms with Crippen molar-refractivity contribution in [1.29, 1.82) is 0 Å². The average Bonchev–Trinajstić information content (AvgIpc) is 2.62. The smallest absolute Gasteiger partial charge is 0.188 e. The van der Waals surface area contributed by atoms with Crippen molar-refractivity contribution in [2.45, 2.75) is 26.2 Å². The Morgan fingerprint density at radius 2 is 2.00 bits per heavy atom. The van der Waals surface area contributed by atoms with Crippen LogP contribution in [0.3, 0.4) is 0 Å². The minimum absolute atomic E-state index is 0.0692. The Bertz CT molecular complexity index is 402. The third kappa shape index (κ3) is 1.50. The van der Waals surface area contributed by atoms with Gasteiger partial charge in [0.1, 0.15) is 0 Å². The molecule has 14 heavy (non-hydrogen) atoms. The minimum atomic E-state index is 0.0692. The Hall–Kier alpha value is -1.37. The van der Waals surface area contributed by atoms with Gasteiger partial charge in [0.05, 0.1) is 0 Å². The lowest BCUT2D eigenvalue weighted by Crippen LogP contribution is -2.00. The third-order valence-corrected chi connectivity index (χ3v) is 2.75. The number of hydrogen-bond acceptors (Lipinski definition) is 1. The molecular formula is C13H14O. The number of carbonyl (C=O) groups is 1. The van der Waals surface area contributed by atoms with Gasteiger partial charge in [-0.1, -0.05) is 18.7 Å². The van der Waals surface area contributed by atoms with Crippen LogP contribution in [0.5, 0.6) is 0 Å². The Morgan fingerprint density at radius 1 is 1.29 bits per heavy atom. The summed E-state index contributed by atoms with van der Waals surface area (Å²) in [5, 5.41) is 0. The lowest BCUT2D eigenvalue weighted by atomic mass is 10.0. The normalized spacial score (nSPS) is 13.8. The molecule has 1 aliphatic carbocycles. The molecule has 0 bridgehead atoms. The molecule has 0 aliphatic heterocycles. The van der Waals surface area contributed by atoms with Crippen molar-refractivity contribution in [2.75, 3.05) is 0 Å². The Kier molecular flexibility index (Phi) is 2.24. The summed E-state index contributed by atoms with van der Waals surface area (Å²) < 4.78 is 0. The summed E-state index contributed by atoms with van der Waals surface area (Å²) in [7, 11) is 0. The van der Waals surface area contributed by atoms with E-state index in [1.807, 2.05) is 12.1 Å². The van der Waals surface area contributed by atoms with Crippen LogP contribution in [-0.4, -0.2) is 5.78 Å². The summed E-state index contributed by atoms with van der Waals surface area (Å²) in [4.78, 5) is 11.6. The SMILES string of the molecule is C=C(C)C(=O)c1ccc2c(c1)CCC2. The fraction of sp³-hybridized carbons (Fsp3) is 0.308. The number of fused-ring (bicyclic) bond motifs is 1. The number of Topliss-reactive ketones (excluding diaryl/α,β-unsaturated/α-hetero) is 1. The van der Waals surface area contributed by atoms with Gasteiger partial charge in [-0.3, -0.25) is 4.79 Å². The van der Waals surface area contributed by atoms with E-state index < -0.39 is 0 Å². The molecular weight excluding hydrogens is 172 g/mol. The van der Waals surface area contributed by atoms with Gasteiger partial charge in [-0.2, -0.15) is 0 Å². The number of rotatable bonds is 2. The van der Waals surface area contributed by atoms with Crippen LogP contribution < -0.4 is 0 Å². The van der Waals surface area contributed by atoms with Gasteiger partial charge in [0.25, 0.3) is 0 Å². The second-order valence-electron chi connectivity index (χ2n) is 3.95. The van der Waals surface area contributed by atoms with Crippen LogP contribution in [0.1, 0.15) is 34.8 Å². The first-order valence-corrected chi connectivity index (χ1v) is 5.00. The quantitative estimate of drug-likeness (QED) is 0.512. The molecule has 0 N–H and O–H groups in total. The van der Waals surface area contributed by atoms with Crippen LogP contribution >= 0.6 is 0 Å². The number of ketones is 1. The summed E-state index contributed by atoms with van der Waals surface area (Å²) in [5.74, 6) is 0.0692. The highest BCUT2D eigenvalue weighted by atomic mass is 16.1. The third-order valence-electron chi connectivity index (χ3n) is 2.75. The first-order valence-electron chi connectivity index (χ1n) is 5.00. The average molecular weight is 186 g/mol. The van der Waals surface area contributed by atoms with Gasteiger partial charge >= 0.3 is 0 Å². The van der Waals surface area contributed by atoms with Crippen LogP contribution in [0.2, 0.25) is 0 Å². The molecule has 1 aromatic carbocycles. The van der Waals surface area contributed by atoms with Gasteiger partial charge in [0, 0.05) is 5.56 Å². The van der Waals surface area contributed by atoms with Crippen molar-refractivity contribution < 1.29 is 4.79 Å². The number of benzene rings is 1. The summed E-state index contributed by atoms with van der Waals surface area (Å²) in [6.07, 6.45) is 3.50. The number of hydrogen-bond donors (Lipinski definition) is 0. The van der Waals surface area contributed by atoms with E-state index in [0.717, 1.165) is 18.4 Å². The summed E-state index contributed by atoms with van der Waals surface area (Å²) in [6.45, 7) is 5.43. The lowest BCUT2D eigenvalue weighted by molar-refractivity contribution is 0.103. The van der Waals surface area contributed by atoms with Gasteiger partial charge in [-0.25, -0.2) is 0 Å². The largest absolute Gasteiger partial charge is 0.289 e. The molecule has 72 valence electrons. The summed E-state index contributed by atoms with van der Waals surface area (Å²) in [5.41, 5.74) is 4.15. The summed E-state index contributed by atoms with van der Waals surface area (Å²) in [6, 6.07) is 6.03. The van der Waals surface area contributed by atoms with Crippen molar-refractivity contribution >= 4 is 5.78 Å².